The van der Waals surface area contributed by atoms with Crippen molar-refractivity contribution in [1.29, 1.82) is 0 Å². The van der Waals surface area contributed by atoms with Crippen LogP contribution in [0.15, 0.2) is 24.3 Å². The van der Waals surface area contributed by atoms with Crippen LogP contribution in [0.1, 0.15) is 29.3 Å². The molecule has 0 atom stereocenters. The molecule has 2 N–H and O–H groups in total. The van der Waals surface area contributed by atoms with Gasteiger partial charge in [-0.15, -0.1) is 0 Å². The molecule has 0 bridgehead atoms. The Labute approximate surface area is 122 Å². The lowest BCUT2D eigenvalue weighted by Gasteiger charge is -2.20. The molecule has 0 saturated heterocycles. The zero-order chi connectivity index (χ0) is 15.8. The molecule has 1 aromatic carbocycles. The second-order valence-corrected chi connectivity index (χ2v) is 4.37. The summed E-state index contributed by atoms with van der Waals surface area (Å²) in [5, 5.41) is 17.3. The summed E-state index contributed by atoms with van der Waals surface area (Å²) < 4.78 is 13.8. The molecule has 0 aliphatic carbocycles. The van der Waals surface area contributed by atoms with Gasteiger partial charge in [0.2, 0.25) is 0 Å². The van der Waals surface area contributed by atoms with E-state index in [1.54, 1.807) is 6.92 Å². The van der Waals surface area contributed by atoms with Crippen LogP contribution in [0.5, 0.6) is 0 Å². The van der Waals surface area contributed by atoms with E-state index in [0.717, 1.165) is 18.2 Å². The minimum atomic E-state index is -1.17. The SMILES string of the molecule is CCN(CCCO)C(=O)c1ccc(/C=C/C(=O)O)c(F)c1. The second-order valence-electron chi connectivity index (χ2n) is 4.37. The summed E-state index contributed by atoms with van der Waals surface area (Å²) in [4.78, 5) is 24.1. The molecule has 0 saturated carbocycles. The number of carboxylic acid groups (broad SMARTS) is 1. The Morgan fingerprint density at radius 1 is 1.38 bits per heavy atom. The highest BCUT2D eigenvalue weighted by atomic mass is 19.1. The highest BCUT2D eigenvalue weighted by Gasteiger charge is 2.15. The van der Waals surface area contributed by atoms with Gasteiger partial charge in [-0.1, -0.05) is 6.07 Å². The highest BCUT2D eigenvalue weighted by Crippen LogP contribution is 2.14. The molecule has 1 amide bonds. The number of benzene rings is 1. The fourth-order valence-corrected chi connectivity index (χ4v) is 1.80. The monoisotopic (exact) mass is 295 g/mol. The normalized spacial score (nSPS) is 10.8. The van der Waals surface area contributed by atoms with Crippen molar-refractivity contribution in [2.45, 2.75) is 13.3 Å². The maximum Gasteiger partial charge on any atom is 0.328 e. The second kappa shape index (κ2) is 8.16. The summed E-state index contributed by atoms with van der Waals surface area (Å²) >= 11 is 0. The predicted molar refractivity (Wildman–Crippen MR) is 76.4 cm³/mol. The van der Waals surface area contributed by atoms with Crippen LogP contribution in [-0.2, 0) is 4.79 Å². The number of halogens is 1. The van der Waals surface area contributed by atoms with E-state index in [9.17, 15) is 14.0 Å². The lowest BCUT2D eigenvalue weighted by molar-refractivity contribution is -0.131. The van der Waals surface area contributed by atoms with Crippen molar-refractivity contribution in [2.24, 2.45) is 0 Å². The molecule has 0 spiro atoms. The molecule has 0 aromatic heterocycles. The van der Waals surface area contributed by atoms with Gasteiger partial charge in [-0.25, -0.2) is 9.18 Å². The van der Waals surface area contributed by atoms with E-state index in [-0.39, 0.29) is 23.6 Å². The molecular weight excluding hydrogens is 277 g/mol. The van der Waals surface area contributed by atoms with Crippen molar-refractivity contribution in [3.8, 4) is 0 Å². The van der Waals surface area contributed by atoms with E-state index in [1.807, 2.05) is 0 Å². The number of amides is 1. The number of carboxylic acids is 1. The molecule has 0 radical (unpaired) electrons. The Kier molecular flexibility index (Phi) is 6.55. The van der Waals surface area contributed by atoms with E-state index in [1.165, 1.54) is 17.0 Å². The van der Waals surface area contributed by atoms with Crippen molar-refractivity contribution in [3.05, 3.63) is 41.2 Å². The van der Waals surface area contributed by atoms with Crippen molar-refractivity contribution < 1.29 is 24.2 Å². The quantitative estimate of drug-likeness (QED) is 0.751. The molecule has 0 aliphatic heterocycles. The molecule has 1 rings (SSSR count). The van der Waals surface area contributed by atoms with Crippen molar-refractivity contribution in [2.75, 3.05) is 19.7 Å². The van der Waals surface area contributed by atoms with E-state index in [0.29, 0.717) is 19.5 Å². The Hall–Kier alpha value is -2.21. The number of hydrogen-bond donors (Lipinski definition) is 2. The predicted octanol–water partition coefficient (Wildman–Crippen LogP) is 1.77. The maximum atomic E-state index is 13.8. The van der Waals surface area contributed by atoms with E-state index in [2.05, 4.69) is 0 Å². The fourth-order valence-electron chi connectivity index (χ4n) is 1.80. The fraction of sp³-hybridized carbons (Fsp3) is 0.333. The number of carbonyl (C=O) groups excluding carboxylic acids is 1. The minimum Gasteiger partial charge on any atom is -0.478 e. The van der Waals surface area contributed by atoms with E-state index < -0.39 is 11.8 Å². The Morgan fingerprint density at radius 2 is 2.10 bits per heavy atom. The van der Waals surface area contributed by atoms with Crippen LogP contribution < -0.4 is 0 Å². The topological polar surface area (TPSA) is 77.8 Å². The number of aliphatic carboxylic acids is 1. The summed E-state index contributed by atoms with van der Waals surface area (Å²) in [6, 6.07) is 3.90. The van der Waals surface area contributed by atoms with Gasteiger partial charge in [0.25, 0.3) is 5.91 Å². The van der Waals surface area contributed by atoms with Gasteiger partial charge >= 0.3 is 5.97 Å². The largest absolute Gasteiger partial charge is 0.478 e. The smallest absolute Gasteiger partial charge is 0.328 e. The van der Waals surface area contributed by atoms with Gasteiger partial charge in [-0.05, 0) is 31.6 Å². The van der Waals surface area contributed by atoms with Gasteiger partial charge < -0.3 is 15.1 Å². The lowest BCUT2D eigenvalue weighted by Crippen LogP contribution is -2.32. The molecule has 0 heterocycles. The average molecular weight is 295 g/mol. The zero-order valence-electron chi connectivity index (χ0n) is 11.8. The third-order valence-electron chi connectivity index (χ3n) is 2.91. The molecular formula is C15H18FNO4. The third kappa shape index (κ3) is 5.00. The third-order valence-corrected chi connectivity index (χ3v) is 2.91. The summed E-state index contributed by atoms with van der Waals surface area (Å²) in [7, 11) is 0. The van der Waals surface area contributed by atoms with Gasteiger partial charge in [0, 0.05) is 36.9 Å². The molecule has 5 nitrogen and oxygen atoms in total. The Bertz CT molecular complexity index is 542. The summed E-state index contributed by atoms with van der Waals surface area (Å²) in [5.74, 6) is -2.15. The van der Waals surface area contributed by atoms with Crippen molar-refractivity contribution in [3.63, 3.8) is 0 Å². The molecule has 6 heteroatoms. The van der Waals surface area contributed by atoms with Crippen molar-refractivity contribution in [1.82, 2.24) is 4.90 Å². The van der Waals surface area contributed by atoms with Crippen LogP contribution in [0.4, 0.5) is 4.39 Å². The van der Waals surface area contributed by atoms with E-state index in [4.69, 9.17) is 10.2 Å². The molecule has 0 unspecified atom stereocenters. The molecule has 1 aromatic rings. The zero-order valence-corrected chi connectivity index (χ0v) is 11.8. The number of rotatable bonds is 7. The minimum absolute atomic E-state index is 0.0168. The number of carbonyl (C=O) groups is 2. The Balaban J connectivity index is 2.91. The van der Waals surface area contributed by atoms with Gasteiger partial charge in [0.1, 0.15) is 5.82 Å². The van der Waals surface area contributed by atoms with Gasteiger partial charge in [-0.3, -0.25) is 4.79 Å². The number of aliphatic hydroxyl groups is 1. The average Bonchev–Trinajstić information content (AvgIpc) is 2.46. The first-order chi connectivity index (χ1) is 9.99. The first-order valence-electron chi connectivity index (χ1n) is 6.60. The first kappa shape index (κ1) is 16.8. The highest BCUT2D eigenvalue weighted by molar-refractivity contribution is 5.94. The van der Waals surface area contributed by atoms with Gasteiger partial charge in [0.05, 0.1) is 0 Å². The Morgan fingerprint density at radius 3 is 2.62 bits per heavy atom. The molecule has 21 heavy (non-hydrogen) atoms. The van der Waals surface area contributed by atoms with E-state index >= 15 is 0 Å². The molecule has 114 valence electrons. The van der Waals surface area contributed by atoms with Crippen LogP contribution in [0.3, 0.4) is 0 Å². The van der Waals surface area contributed by atoms with Gasteiger partial charge in [0.15, 0.2) is 0 Å². The lowest BCUT2D eigenvalue weighted by atomic mass is 10.1. The summed E-state index contributed by atoms with van der Waals surface area (Å²) in [6.45, 7) is 2.64. The van der Waals surface area contributed by atoms with Crippen LogP contribution >= 0.6 is 0 Å². The number of hydrogen-bond acceptors (Lipinski definition) is 3. The summed E-state index contributed by atoms with van der Waals surface area (Å²) in [6.07, 6.45) is 2.43. The number of aliphatic hydroxyl groups excluding tert-OH is 1. The maximum absolute atomic E-state index is 13.8. The number of nitrogens with zero attached hydrogens (tertiary/aromatic N) is 1. The van der Waals surface area contributed by atoms with Crippen LogP contribution in [0.2, 0.25) is 0 Å². The summed E-state index contributed by atoms with van der Waals surface area (Å²) in [5.41, 5.74) is 0.298. The van der Waals surface area contributed by atoms with Crippen molar-refractivity contribution >= 4 is 18.0 Å². The molecule has 0 fully saturated rings. The first-order valence-corrected chi connectivity index (χ1v) is 6.60. The molecule has 0 aliphatic rings. The van der Waals surface area contributed by atoms with Crippen LogP contribution in [0.25, 0.3) is 6.08 Å². The van der Waals surface area contributed by atoms with Crippen LogP contribution in [0, 0.1) is 5.82 Å². The van der Waals surface area contributed by atoms with Crippen LogP contribution in [-0.4, -0.2) is 46.7 Å². The standard InChI is InChI=1S/C15H18FNO4/c1-2-17(8-3-9-18)15(21)12-5-4-11(13(16)10-12)6-7-14(19)20/h4-7,10,18H,2-3,8-9H2,1H3,(H,19,20)/b7-6+. The van der Waals surface area contributed by atoms with Gasteiger partial charge in [-0.2, -0.15) is 0 Å².